The Morgan fingerprint density at radius 3 is 2.64 bits per heavy atom. The summed E-state index contributed by atoms with van der Waals surface area (Å²) < 4.78 is 5.48. The lowest BCUT2D eigenvalue weighted by molar-refractivity contribution is -0.120. The van der Waals surface area contributed by atoms with Crippen LogP contribution < -0.4 is 10.1 Å². The maximum absolute atomic E-state index is 12.4. The van der Waals surface area contributed by atoms with Crippen molar-refractivity contribution in [2.45, 2.75) is 26.4 Å². The molecule has 0 aliphatic carbocycles. The standard InChI is InChI=1S/C21H26N2O2/c1-5-13-25-20-11-9-18(10-12-20)15-23(4)17(3)21(24)22-19-8-6-7-16(2)14-19/h5-12,14,17H,1,13,15H2,2-4H3,(H,22,24)/t17-/m0/s1. The molecule has 1 atom stereocenters. The Morgan fingerprint density at radius 2 is 2.00 bits per heavy atom. The van der Waals surface area contributed by atoms with Gasteiger partial charge in [0, 0.05) is 12.2 Å². The van der Waals surface area contributed by atoms with Gasteiger partial charge in [-0.3, -0.25) is 9.69 Å². The van der Waals surface area contributed by atoms with Crippen molar-refractivity contribution in [3.63, 3.8) is 0 Å². The largest absolute Gasteiger partial charge is 0.490 e. The van der Waals surface area contributed by atoms with E-state index in [9.17, 15) is 4.79 Å². The predicted octanol–water partition coefficient (Wildman–Crippen LogP) is 4.02. The Bertz CT molecular complexity index is 710. The van der Waals surface area contributed by atoms with Gasteiger partial charge in [-0.05, 0) is 56.3 Å². The molecule has 0 radical (unpaired) electrons. The predicted molar refractivity (Wildman–Crippen MR) is 103 cm³/mol. The minimum absolute atomic E-state index is 0.0148. The SMILES string of the molecule is C=CCOc1ccc(CN(C)[C@@H](C)C(=O)Nc2cccc(C)c2)cc1. The van der Waals surface area contributed by atoms with Crippen LogP contribution in [0.3, 0.4) is 0 Å². The lowest BCUT2D eigenvalue weighted by atomic mass is 10.1. The normalized spacial score (nSPS) is 11.8. The van der Waals surface area contributed by atoms with Gasteiger partial charge in [0.05, 0.1) is 6.04 Å². The number of ether oxygens (including phenoxy) is 1. The second kappa shape index (κ2) is 9.04. The molecule has 132 valence electrons. The molecule has 0 bridgehead atoms. The minimum atomic E-state index is -0.239. The van der Waals surface area contributed by atoms with Crippen LogP contribution in [0.2, 0.25) is 0 Å². The van der Waals surface area contributed by atoms with Crippen molar-refractivity contribution in [1.29, 1.82) is 0 Å². The molecular weight excluding hydrogens is 312 g/mol. The van der Waals surface area contributed by atoms with Crippen LogP contribution in [-0.2, 0) is 11.3 Å². The molecule has 2 rings (SSSR count). The third kappa shape index (κ3) is 5.76. The fourth-order valence-electron chi connectivity index (χ4n) is 2.44. The van der Waals surface area contributed by atoms with Gasteiger partial charge in [0.1, 0.15) is 12.4 Å². The number of nitrogens with zero attached hydrogens (tertiary/aromatic N) is 1. The number of carbonyl (C=O) groups is 1. The molecule has 2 aromatic rings. The molecule has 0 saturated carbocycles. The van der Waals surface area contributed by atoms with Crippen molar-refractivity contribution < 1.29 is 9.53 Å². The zero-order chi connectivity index (χ0) is 18.2. The maximum Gasteiger partial charge on any atom is 0.241 e. The number of nitrogens with one attached hydrogen (secondary N) is 1. The van der Waals surface area contributed by atoms with Gasteiger partial charge in [0.15, 0.2) is 0 Å². The van der Waals surface area contributed by atoms with Gasteiger partial charge in [-0.15, -0.1) is 0 Å². The number of carbonyl (C=O) groups excluding carboxylic acids is 1. The lowest BCUT2D eigenvalue weighted by Crippen LogP contribution is -2.39. The fraction of sp³-hybridized carbons (Fsp3) is 0.286. The van der Waals surface area contributed by atoms with Crippen molar-refractivity contribution in [1.82, 2.24) is 4.90 Å². The summed E-state index contributed by atoms with van der Waals surface area (Å²) in [6.07, 6.45) is 1.72. The van der Waals surface area contributed by atoms with Gasteiger partial charge in [0.25, 0.3) is 0 Å². The summed E-state index contributed by atoms with van der Waals surface area (Å²) >= 11 is 0. The Morgan fingerprint density at radius 1 is 1.28 bits per heavy atom. The molecule has 0 aromatic heterocycles. The van der Waals surface area contributed by atoms with Crippen LogP contribution in [0, 0.1) is 6.92 Å². The van der Waals surface area contributed by atoms with E-state index in [0.717, 1.165) is 22.6 Å². The van der Waals surface area contributed by atoms with E-state index < -0.39 is 0 Å². The smallest absolute Gasteiger partial charge is 0.241 e. The van der Waals surface area contributed by atoms with Crippen molar-refractivity contribution in [3.05, 3.63) is 72.3 Å². The highest BCUT2D eigenvalue weighted by molar-refractivity contribution is 5.94. The Hall–Kier alpha value is -2.59. The van der Waals surface area contributed by atoms with Crippen LogP contribution in [0.4, 0.5) is 5.69 Å². The molecule has 0 heterocycles. The van der Waals surface area contributed by atoms with E-state index in [2.05, 4.69) is 11.9 Å². The summed E-state index contributed by atoms with van der Waals surface area (Å²) in [6.45, 7) is 8.73. The first-order valence-electron chi connectivity index (χ1n) is 8.40. The number of anilines is 1. The van der Waals surface area contributed by atoms with Gasteiger partial charge in [0.2, 0.25) is 5.91 Å². The van der Waals surface area contributed by atoms with E-state index in [1.807, 2.05) is 74.3 Å². The number of hydrogen-bond donors (Lipinski definition) is 1. The summed E-state index contributed by atoms with van der Waals surface area (Å²) in [7, 11) is 1.95. The molecule has 0 fully saturated rings. The third-order valence-electron chi connectivity index (χ3n) is 4.05. The van der Waals surface area contributed by atoms with Gasteiger partial charge in [-0.2, -0.15) is 0 Å². The van der Waals surface area contributed by atoms with E-state index in [0.29, 0.717) is 13.2 Å². The molecule has 2 aromatic carbocycles. The zero-order valence-electron chi connectivity index (χ0n) is 15.2. The summed E-state index contributed by atoms with van der Waals surface area (Å²) in [4.78, 5) is 14.5. The van der Waals surface area contributed by atoms with Gasteiger partial charge < -0.3 is 10.1 Å². The van der Waals surface area contributed by atoms with E-state index >= 15 is 0 Å². The van der Waals surface area contributed by atoms with Crippen LogP contribution in [0.15, 0.2) is 61.2 Å². The maximum atomic E-state index is 12.4. The van der Waals surface area contributed by atoms with Gasteiger partial charge in [-0.1, -0.05) is 36.9 Å². The first-order valence-corrected chi connectivity index (χ1v) is 8.40. The highest BCUT2D eigenvalue weighted by Gasteiger charge is 2.18. The van der Waals surface area contributed by atoms with E-state index in [1.54, 1.807) is 6.08 Å². The van der Waals surface area contributed by atoms with E-state index in [4.69, 9.17) is 4.74 Å². The molecule has 1 N–H and O–H groups in total. The second-order valence-corrected chi connectivity index (χ2v) is 6.19. The zero-order valence-corrected chi connectivity index (χ0v) is 15.2. The second-order valence-electron chi connectivity index (χ2n) is 6.19. The molecule has 0 aliphatic heterocycles. The molecule has 4 heteroatoms. The number of likely N-dealkylation sites (N-methyl/N-ethyl adjacent to an activating group) is 1. The number of amides is 1. The van der Waals surface area contributed by atoms with Crippen molar-refractivity contribution in [2.24, 2.45) is 0 Å². The van der Waals surface area contributed by atoms with Crippen molar-refractivity contribution in [2.75, 3.05) is 19.0 Å². The Labute approximate surface area is 150 Å². The highest BCUT2D eigenvalue weighted by Crippen LogP contribution is 2.15. The minimum Gasteiger partial charge on any atom is -0.490 e. The fourth-order valence-corrected chi connectivity index (χ4v) is 2.44. The lowest BCUT2D eigenvalue weighted by Gasteiger charge is -2.24. The molecule has 1 amide bonds. The van der Waals surface area contributed by atoms with Gasteiger partial charge >= 0.3 is 0 Å². The average molecular weight is 338 g/mol. The molecule has 0 saturated heterocycles. The summed E-state index contributed by atoms with van der Waals surface area (Å²) in [5.74, 6) is 0.801. The van der Waals surface area contributed by atoms with E-state index in [1.165, 1.54) is 0 Å². The third-order valence-corrected chi connectivity index (χ3v) is 4.05. The number of benzene rings is 2. The number of rotatable bonds is 8. The molecular formula is C21H26N2O2. The molecule has 25 heavy (non-hydrogen) atoms. The van der Waals surface area contributed by atoms with Crippen LogP contribution in [0.25, 0.3) is 0 Å². The van der Waals surface area contributed by atoms with Crippen LogP contribution in [0.1, 0.15) is 18.1 Å². The van der Waals surface area contributed by atoms with Crippen LogP contribution >= 0.6 is 0 Å². The van der Waals surface area contributed by atoms with Crippen molar-refractivity contribution in [3.8, 4) is 5.75 Å². The summed E-state index contributed by atoms with van der Waals surface area (Å²) in [6, 6.07) is 15.5. The summed E-state index contributed by atoms with van der Waals surface area (Å²) in [5.41, 5.74) is 3.08. The first kappa shape index (κ1) is 18.7. The highest BCUT2D eigenvalue weighted by atomic mass is 16.5. The molecule has 0 unspecified atom stereocenters. The Kier molecular flexibility index (Phi) is 6.78. The molecule has 0 aliphatic rings. The van der Waals surface area contributed by atoms with Gasteiger partial charge in [-0.25, -0.2) is 0 Å². The molecule has 0 spiro atoms. The Balaban J connectivity index is 1.91. The van der Waals surface area contributed by atoms with E-state index in [-0.39, 0.29) is 11.9 Å². The van der Waals surface area contributed by atoms with Crippen LogP contribution in [-0.4, -0.2) is 30.5 Å². The molecule has 4 nitrogen and oxygen atoms in total. The number of aryl methyl sites for hydroxylation is 1. The first-order chi connectivity index (χ1) is 12.0. The monoisotopic (exact) mass is 338 g/mol. The summed E-state index contributed by atoms with van der Waals surface area (Å²) in [5, 5.41) is 2.97. The topological polar surface area (TPSA) is 41.6 Å². The number of hydrogen-bond acceptors (Lipinski definition) is 3. The average Bonchev–Trinajstić information content (AvgIpc) is 2.60. The quantitative estimate of drug-likeness (QED) is 0.739. The van der Waals surface area contributed by atoms with Crippen LogP contribution in [0.5, 0.6) is 5.75 Å². The van der Waals surface area contributed by atoms with Crippen molar-refractivity contribution >= 4 is 11.6 Å².